The highest BCUT2D eigenvalue weighted by Crippen LogP contribution is 2.24. The van der Waals surface area contributed by atoms with E-state index >= 15 is 0 Å². The van der Waals surface area contributed by atoms with Crippen LogP contribution in [0, 0.1) is 12.8 Å². The molecule has 0 aliphatic heterocycles. The molecule has 0 atom stereocenters. The van der Waals surface area contributed by atoms with Crippen LogP contribution in [0.3, 0.4) is 0 Å². The SMILES string of the molecule is COc1ccc(C)cc1S(=O)(=O)N/N=C/c1ccccc1OCC(C)C. The van der Waals surface area contributed by atoms with Crippen LogP contribution in [-0.2, 0) is 10.0 Å². The Hall–Kier alpha value is -2.54. The van der Waals surface area contributed by atoms with Crippen LogP contribution in [0.2, 0.25) is 0 Å². The number of aryl methyl sites for hydroxylation is 1. The van der Waals surface area contributed by atoms with Crippen LogP contribution in [0.1, 0.15) is 25.0 Å². The van der Waals surface area contributed by atoms with Crippen molar-refractivity contribution in [3.8, 4) is 11.5 Å². The standard InChI is InChI=1S/C19H24N2O4S/c1-14(2)13-25-17-8-6-5-7-16(17)12-20-21-26(22,23)19-11-15(3)9-10-18(19)24-4/h5-12,14,21H,13H2,1-4H3/b20-12+. The Kier molecular flexibility index (Phi) is 6.63. The normalized spacial score (nSPS) is 11.7. The Morgan fingerprint density at radius 1 is 1.15 bits per heavy atom. The molecule has 1 N–H and O–H groups in total. The number of nitrogens with zero attached hydrogens (tertiary/aromatic N) is 1. The first-order valence-corrected chi connectivity index (χ1v) is 9.73. The molecule has 0 spiro atoms. The quantitative estimate of drug-likeness (QED) is 0.566. The van der Waals surface area contributed by atoms with E-state index in [2.05, 4.69) is 23.8 Å². The average molecular weight is 376 g/mol. The van der Waals surface area contributed by atoms with Crippen molar-refractivity contribution in [1.29, 1.82) is 0 Å². The minimum absolute atomic E-state index is 0.0430. The van der Waals surface area contributed by atoms with Crippen molar-refractivity contribution in [2.24, 2.45) is 11.0 Å². The summed E-state index contributed by atoms with van der Waals surface area (Å²) in [5.74, 6) is 1.29. The Morgan fingerprint density at radius 3 is 2.58 bits per heavy atom. The third kappa shape index (κ3) is 5.23. The van der Waals surface area contributed by atoms with E-state index in [4.69, 9.17) is 9.47 Å². The van der Waals surface area contributed by atoms with E-state index < -0.39 is 10.0 Å². The van der Waals surface area contributed by atoms with Crippen LogP contribution < -0.4 is 14.3 Å². The summed E-state index contributed by atoms with van der Waals surface area (Å²) in [6.45, 7) is 6.49. The number of rotatable bonds is 8. The average Bonchev–Trinajstić information content (AvgIpc) is 2.60. The Morgan fingerprint density at radius 2 is 1.88 bits per heavy atom. The molecule has 2 rings (SSSR count). The molecule has 0 aliphatic carbocycles. The molecule has 0 saturated heterocycles. The van der Waals surface area contributed by atoms with Gasteiger partial charge in [-0.2, -0.15) is 18.4 Å². The lowest BCUT2D eigenvalue weighted by Crippen LogP contribution is -2.19. The highest BCUT2D eigenvalue weighted by Gasteiger charge is 2.19. The molecule has 2 aromatic rings. The maximum absolute atomic E-state index is 12.5. The maximum atomic E-state index is 12.5. The van der Waals surface area contributed by atoms with E-state index in [1.54, 1.807) is 18.2 Å². The summed E-state index contributed by atoms with van der Waals surface area (Å²) in [5.41, 5.74) is 1.50. The van der Waals surface area contributed by atoms with Gasteiger partial charge in [0.05, 0.1) is 19.9 Å². The van der Waals surface area contributed by atoms with Crippen molar-refractivity contribution in [3.63, 3.8) is 0 Å². The summed E-state index contributed by atoms with van der Waals surface area (Å²) < 4.78 is 35.9. The lowest BCUT2D eigenvalue weighted by Gasteiger charge is -2.11. The highest BCUT2D eigenvalue weighted by molar-refractivity contribution is 7.89. The summed E-state index contributed by atoms with van der Waals surface area (Å²) in [7, 11) is -2.42. The van der Waals surface area contributed by atoms with Gasteiger partial charge in [-0.05, 0) is 42.7 Å². The molecule has 26 heavy (non-hydrogen) atoms. The maximum Gasteiger partial charge on any atom is 0.280 e. The smallest absolute Gasteiger partial charge is 0.280 e. The Labute approximate surface area is 154 Å². The number of benzene rings is 2. The minimum Gasteiger partial charge on any atom is -0.495 e. The number of hydrogen-bond donors (Lipinski definition) is 1. The van der Waals surface area contributed by atoms with Crippen LogP contribution in [-0.4, -0.2) is 28.3 Å². The van der Waals surface area contributed by atoms with Gasteiger partial charge in [0.15, 0.2) is 0 Å². The first-order valence-electron chi connectivity index (χ1n) is 8.25. The fraction of sp³-hybridized carbons (Fsp3) is 0.316. The first kappa shape index (κ1) is 19.8. The summed E-state index contributed by atoms with van der Waals surface area (Å²) in [5, 5.41) is 3.88. The van der Waals surface area contributed by atoms with Gasteiger partial charge in [-0.3, -0.25) is 0 Å². The molecular formula is C19H24N2O4S. The summed E-state index contributed by atoms with van der Waals surface area (Å²) >= 11 is 0. The number of hydrazone groups is 1. The van der Waals surface area contributed by atoms with E-state index in [-0.39, 0.29) is 10.6 Å². The summed E-state index contributed by atoms with van der Waals surface area (Å²) in [6.07, 6.45) is 1.43. The molecular weight excluding hydrogens is 352 g/mol. The number of sulfonamides is 1. The second-order valence-corrected chi connectivity index (χ2v) is 7.88. The van der Waals surface area contributed by atoms with Crippen molar-refractivity contribution < 1.29 is 17.9 Å². The van der Waals surface area contributed by atoms with Gasteiger partial charge < -0.3 is 9.47 Å². The van der Waals surface area contributed by atoms with Gasteiger partial charge in [-0.1, -0.05) is 32.0 Å². The third-order valence-electron chi connectivity index (χ3n) is 3.48. The topological polar surface area (TPSA) is 77.0 Å². The van der Waals surface area contributed by atoms with E-state index in [0.717, 1.165) is 5.56 Å². The van der Waals surface area contributed by atoms with Crippen LogP contribution in [0.4, 0.5) is 0 Å². The molecule has 0 fully saturated rings. The fourth-order valence-electron chi connectivity index (χ4n) is 2.18. The molecule has 0 aromatic heterocycles. The second kappa shape index (κ2) is 8.71. The number of methoxy groups -OCH3 is 1. The summed E-state index contributed by atoms with van der Waals surface area (Å²) in [6, 6.07) is 12.3. The molecule has 0 bridgehead atoms. The Bertz CT molecular complexity index is 877. The molecule has 7 heteroatoms. The molecule has 0 saturated carbocycles. The van der Waals surface area contributed by atoms with E-state index in [1.165, 1.54) is 19.4 Å². The van der Waals surface area contributed by atoms with E-state index in [1.807, 2.05) is 25.1 Å². The third-order valence-corrected chi connectivity index (χ3v) is 4.72. The number of nitrogens with one attached hydrogen (secondary N) is 1. The van der Waals surface area contributed by atoms with Crippen LogP contribution in [0.5, 0.6) is 11.5 Å². The van der Waals surface area contributed by atoms with Crippen LogP contribution in [0.25, 0.3) is 0 Å². The Balaban J connectivity index is 2.19. The zero-order valence-electron chi connectivity index (χ0n) is 15.4. The molecule has 0 aliphatic rings. The molecule has 140 valence electrons. The van der Waals surface area contributed by atoms with Gasteiger partial charge in [-0.25, -0.2) is 0 Å². The zero-order valence-corrected chi connectivity index (χ0v) is 16.2. The molecule has 2 aromatic carbocycles. The van der Waals surface area contributed by atoms with E-state index in [9.17, 15) is 8.42 Å². The van der Waals surface area contributed by atoms with Crippen molar-refractivity contribution in [2.45, 2.75) is 25.7 Å². The zero-order chi connectivity index (χ0) is 19.2. The van der Waals surface area contributed by atoms with Gasteiger partial charge in [0.25, 0.3) is 10.0 Å². The monoisotopic (exact) mass is 376 g/mol. The van der Waals surface area contributed by atoms with Crippen molar-refractivity contribution in [1.82, 2.24) is 4.83 Å². The molecule has 6 nitrogen and oxygen atoms in total. The van der Waals surface area contributed by atoms with Crippen molar-refractivity contribution >= 4 is 16.2 Å². The molecule has 0 unspecified atom stereocenters. The number of ether oxygens (including phenoxy) is 2. The van der Waals surface area contributed by atoms with Gasteiger partial charge in [-0.15, -0.1) is 0 Å². The first-order chi connectivity index (χ1) is 12.3. The summed E-state index contributed by atoms with van der Waals surface area (Å²) in [4.78, 5) is 2.27. The minimum atomic E-state index is -3.85. The number of hydrogen-bond acceptors (Lipinski definition) is 5. The van der Waals surface area contributed by atoms with Crippen molar-refractivity contribution in [3.05, 3.63) is 53.6 Å². The lowest BCUT2D eigenvalue weighted by molar-refractivity contribution is 0.270. The second-order valence-electron chi connectivity index (χ2n) is 6.25. The van der Waals surface area contributed by atoms with Gasteiger partial charge >= 0.3 is 0 Å². The largest absolute Gasteiger partial charge is 0.495 e. The van der Waals surface area contributed by atoms with Crippen LogP contribution >= 0.6 is 0 Å². The predicted molar refractivity (Wildman–Crippen MR) is 102 cm³/mol. The van der Waals surface area contributed by atoms with Crippen LogP contribution in [0.15, 0.2) is 52.5 Å². The molecule has 0 amide bonds. The van der Waals surface area contributed by atoms with Gasteiger partial charge in [0.1, 0.15) is 16.4 Å². The van der Waals surface area contributed by atoms with Gasteiger partial charge in [0, 0.05) is 5.56 Å². The van der Waals surface area contributed by atoms with Crippen molar-refractivity contribution in [2.75, 3.05) is 13.7 Å². The molecule has 0 radical (unpaired) electrons. The fourth-order valence-corrected chi connectivity index (χ4v) is 3.23. The molecule has 0 heterocycles. The number of para-hydroxylation sites is 1. The van der Waals surface area contributed by atoms with Gasteiger partial charge in [0.2, 0.25) is 0 Å². The predicted octanol–water partition coefficient (Wildman–Crippen LogP) is 3.35. The lowest BCUT2D eigenvalue weighted by atomic mass is 10.2. The highest BCUT2D eigenvalue weighted by atomic mass is 32.2. The van der Waals surface area contributed by atoms with E-state index in [0.29, 0.717) is 23.8 Å².